The van der Waals surface area contributed by atoms with E-state index in [1.165, 1.54) is 44.3 Å². The molecule has 4 heteroatoms. The van der Waals surface area contributed by atoms with Gasteiger partial charge in [-0.2, -0.15) is 0 Å². The van der Waals surface area contributed by atoms with Crippen molar-refractivity contribution in [2.75, 3.05) is 20.2 Å². The second kappa shape index (κ2) is 5.97. The Kier molecular flexibility index (Phi) is 4.09. The molecule has 2 fully saturated rings. The van der Waals surface area contributed by atoms with Gasteiger partial charge in [0.2, 0.25) is 0 Å². The molecule has 2 heterocycles. The molecule has 1 aliphatic heterocycles. The molecule has 0 spiro atoms. The number of likely N-dealkylation sites (tertiary alicyclic amines) is 1. The van der Waals surface area contributed by atoms with Crippen LogP contribution >= 0.6 is 0 Å². The summed E-state index contributed by atoms with van der Waals surface area (Å²) >= 11 is 0. The number of hydrogen-bond donors (Lipinski definition) is 0. The van der Waals surface area contributed by atoms with Gasteiger partial charge in [0.25, 0.3) is 0 Å². The van der Waals surface area contributed by atoms with E-state index in [1.807, 2.05) is 12.4 Å². The summed E-state index contributed by atoms with van der Waals surface area (Å²) in [6.07, 6.45) is 9.65. The molecule has 3 rings (SSSR count). The molecule has 1 saturated carbocycles. The van der Waals surface area contributed by atoms with Crippen LogP contribution in [0.2, 0.25) is 0 Å². The Morgan fingerprint density at radius 3 is 2.53 bits per heavy atom. The van der Waals surface area contributed by atoms with E-state index in [1.54, 1.807) is 7.11 Å². The Morgan fingerprint density at radius 1 is 1.21 bits per heavy atom. The highest BCUT2D eigenvalue weighted by molar-refractivity contribution is 5.05. The van der Waals surface area contributed by atoms with Gasteiger partial charge in [-0.3, -0.25) is 4.90 Å². The van der Waals surface area contributed by atoms with Crippen LogP contribution in [0.4, 0.5) is 0 Å². The zero-order chi connectivity index (χ0) is 13.1. The second-order valence-electron chi connectivity index (χ2n) is 6.03. The highest BCUT2D eigenvalue weighted by Gasteiger charge is 2.30. The van der Waals surface area contributed by atoms with Crippen molar-refractivity contribution in [2.24, 2.45) is 11.8 Å². The van der Waals surface area contributed by atoms with Gasteiger partial charge in [-0.25, -0.2) is 9.97 Å². The minimum absolute atomic E-state index is 0.494. The van der Waals surface area contributed by atoms with Crippen LogP contribution < -0.4 is 0 Å². The molecule has 0 N–H and O–H groups in total. The molecular weight excluding hydrogens is 238 g/mol. The molecule has 4 nitrogen and oxygen atoms in total. The van der Waals surface area contributed by atoms with E-state index in [0.717, 1.165) is 24.2 Å². The fourth-order valence-electron chi connectivity index (χ4n) is 3.59. The predicted molar refractivity (Wildman–Crippen MR) is 73.5 cm³/mol. The molecule has 104 valence electrons. The summed E-state index contributed by atoms with van der Waals surface area (Å²) in [5.74, 6) is 2.63. The lowest BCUT2D eigenvalue weighted by Crippen LogP contribution is -2.42. The highest BCUT2D eigenvalue weighted by Crippen LogP contribution is 2.34. The number of hydrogen-bond acceptors (Lipinski definition) is 4. The average Bonchev–Trinajstić information content (AvgIpc) is 2.41. The van der Waals surface area contributed by atoms with Crippen LogP contribution in [0.3, 0.4) is 0 Å². The standard InChI is InChI=1S/C15H23N3O/c1-19-11-15-16-6-14(7-17-15)10-18-8-12-3-2-4-13(5-12)9-18/h6-7,12-13H,2-5,8-11H2,1H3. The fraction of sp³-hybridized carbons (Fsp3) is 0.733. The van der Waals surface area contributed by atoms with Crippen LogP contribution in [0, 0.1) is 11.8 Å². The van der Waals surface area contributed by atoms with E-state index in [-0.39, 0.29) is 0 Å². The van der Waals surface area contributed by atoms with Crippen LogP contribution in [0.25, 0.3) is 0 Å². The zero-order valence-corrected chi connectivity index (χ0v) is 11.7. The summed E-state index contributed by atoms with van der Waals surface area (Å²) in [6, 6.07) is 0. The van der Waals surface area contributed by atoms with Crippen molar-refractivity contribution in [1.82, 2.24) is 14.9 Å². The zero-order valence-electron chi connectivity index (χ0n) is 11.7. The first-order valence-corrected chi connectivity index (χ1v) is 7.34. The normalized spacial score (nSPS) is 27.4. The van der Waals surface area contributed by atoms with Gasteiger partial charge in [-0.05, 0) is 31.1 Å². The molecule has 1 aromatic heterocycles. The third kappa shape index (κ3) is 3.31. The minimum atomic E-state index is 0.494. The van der Waals surface area contributed by atoms with Crippen molar-refractivity contribution < 1.29 is 4.74 Å². The second-order valence-corrected chi connectivity index (χ2v) is 6.03. The number of methoxy groups -OCH3 is 1. The maximum atomic E-state index is 5.03. The molecule has 1 saturated heterocycles. The molecule has 2 unspecified atom stereocenters. The van der Waals surface area contributed by atoms with E-state index < -0.39 is 0 Å². The molecule has 2 bridgehead atoms. The van der Waals surface area contributed by atoms with Crippen LogP contribution in [0.15, 0.2) is 12.4 Å². The third-order valence-corrected chi connectivity index (χ3v) is 4.36. The molecule has 1 aromatic rings. The maximum absolute atomic E-state index is 5.03. The Hall–Kier alpha value is -1.00. The van der Waals surface area contributed by atoms with Crippen molar-refractivity contribution in [3.8, 4) is 0 Å². The van der Waals surface area contributed by atoms with Gasteiger partial charge in [-0.15, -0.1) is 0 Å². The number of rotatable bonds is 4. The topological polar surface area (TPSA) is 38.2 Å². The van der Waals surface area contributed by atoms with Gasteiger partial charge in [0.1, 0.15) is 6.61 Å². The minimum Gasteiger partial charge on any atom is -0.377 e. The SMILES string of the molecule is COCc1ncc(CN2CC3CCCC(C3)C2)cn1. The summed E-state index contributed by atoms with van der Waals surface area (Å²) in [5, 5.41) is 0. The van der Waals surface area contributed by atoms with Crippen LogP contribution in [0.1, 0.15) is 37.1 Å². The molecule has 0 amide bonds. The lowest BCUT2D eigenvalue weighted by atomic mass is 9.78. The average molecular weight is 261 g/mol. The number of ether oxygens (including phenoxy) is 1. The van der Waals surface area contributed by atoms with Gasteiger partial charge < -0.3 is 4.74 Å². The number of aromatic nitrogens is 2. The Labute approximate surface area is 115 Å². The number of piperidine rings is 1. The summed E-state index contributed by atoms with van der Waals surface area (Å²) in [7, 11) is 1.67. The van der Waals surface area contributed by atoms with Gasteiger partial charge in [0.05, 0.1) is 0 Å². The van der Waals surface area contributed by atoms with E-state index in [9.17, 15) is 0 Å². The Balaban J connectivity index is 1.58. The van der Waals surface area contributed by atoms with E-state index in [0.29, 0.717) is 6.61 Å². The van der Waals surface area contributed by atoms with Gasteiger partial charge >= 0.3 is 0 Å². The Morgan fingerprint density at radius 2 is 1.89 bits per heavy atom. The predicted octanol–water partition coefficient (Wildman–Crippen LogP) is 2.25. The van der Waals surface area contributed by atoms with Crippen LogP contribution in [-0.2, 0) is 17.9 Å². The smallest absolute Gasteiger partial charge is 0.153 e. The summed E-state index contributed by atoms with van der Waals surface area (Å²) in [5.41, 5.74) is 1.22. The van der Waals surface area contributed by atoms with E-state index >= 15 is 0 Å². The first-order chi connectivity index (χ1) is 9.33. The molecule has 2 atom stereocenters. The monoisotopic (exact) mass is 261 g/mol. The summed E-state index contributed by atoms with van der Waals surface area (Å²) in [6.45, 7) is 4.01. The lowest BCUT2D eigenvalue weighted by molar-refractivity contribution is 0.0806. The largest absolute Gasteiger partial charge is 0.377 e. The maximum Gasteiger partial charge on any atom is 0.153 e. The fourth-order valence-corrected chi connectivity index (χ4v) is 3.59. The summed E-state index contributed by atoms with van der Waals surface area (Å²) in [4.78, 5) is 11.3. The van der Waals surface area contributed by atoms with E-state index in [4.69, 9.17) is 4.74 Å². The van der Waals surface area contributed by atoms with Gasteiger partial charge in [-0.1, -0.05) is 6.42 Å². The molecule has 0 aromatic carbocycles. The van der Waals surface area contributed by atoms with Crippen molar-refractivity contribution in [2.45, 2.75) is 38.8 Å². The molecule has 19 heavy (non-hydrogen) atoms. The van der Waals surface area contributed by atoms with Crippen molar-refractivity contribution >= 4 is 0 Å². The molecule has 2 aliphatic rings. The van der Waals surface area contributed by atoms with Crippen LogP contribution in [0.5, 0.6) is 0 Å². The molecule has 1 aliphatic carbocycles. The number of fused-ring (bicyclic) bond motifs is 2. The van der Waals surface area contributed by atoms with Crippen molar-refractivity contribution in [3.63, 3.8) is 0 Å². The van der Waals surface area contributed by atoms with Crippen LogP contribution in [-0.4, -0.2) is 35.1 Å². The lowest BCUT2D eigenvalue weighted by Gasteiger charge is -2.41. The quantitative estimate of drug-likeness (QED) is 0.833. The first-order valence-electron chi connectivity index (χ1n) is 7.34. The molecule has 0 radical (unpaired) electrons. The van der Waals surface area contributed by atoms with Crippen molar-refractivity contribution in [3.05, 3.63) is 23.8 Å². The number of nitrogens with zero attached hydrogens (tertiary/aromatic N) is 3. The Bertz CT molecular complexity index is 394. The first kappa shape index (κ1) is 13.0. The van der Waals surface area contributed by atoms with Crippen molar-refractivity contribution in [1.29, 1.82) is 0 Å². The summed E-state index contributed by atoms with van der Waals surface area (Å²) < 4.78 is 5.03. The highest BCUT2D eigenvalue weighted by atomic mass is 16.5. The third-order valence-electron chi connectivity index (χ3n) is 4.36. The van der Waals surface area contributed by atoms with E-state index in [2.05, 4.69) is 14.9 Å². The molecular formula is C15H23N3O. The van der Waals surface area contributed by atoms with Gasteiger partial charge in [0, 0.05) is 44.7 Å². The van der Waals surface area contributed by atoms with Gasteiger partial charge in [0.15, 0.2) is 5.82 Å².